The van der Waals surface area contributed by atoms with E-state index < -0.39 is 28.4 Å². The lowest BCUT2D eigenvalue weighted by Crippen LogP contribution is -2.41. The second kappa shape index (κ2) is 6.92. The summed E-state index contributed by atoms with van der Waals surface area (Å²) in [7, 11) is -3.98. The molecule has 1 aliphatic heterocycles. The molecule has 7 heteroatoms. The largest absolute Gasteiger partial charge is 0.348 e. The van der Waals surface area contributed by atoms with Gasteiger partial charge in [0.25, 0.3) is 15.9 Å². The van der Waals surface area contributed by atoms with Crippen molar-refractivity contribution in [1.82, 2.24) is 9.62 Å². The van der Waals surface area contributed by atoms with Gasteiger partial charge < -0.3 is 5.32 Å². The summed E-state index contributed by atoms with van der Waals surface area (Å²) in [6, 6.07) is 13.5. The fraction of sp³-hybridized carbons (Fsp3) is 0.263. The summed E-state index contributed by atoms with van der Waals surface area (Å²) in [5.41, 5.74) is 2.15. The predicted octanol–water partition coefficient (Wildman–Crippen LogP) is 2.41. The monoisotopic (exact) mass is 372 g/mol. The maximum Gasteiger partial charge on any atom is 0.269 e. The number of nitrogens with one attached hydrogen (secondary N) is 1. The first kappa shape index (κ1) is 18.1. The summed E-state index contributed by atoms with van der Waals surface area (Å²) in [4.78, 5) is 24.7. The number of hydrogen-bond donors (Lipinski definition) is 1. The maximum atomic E-state index is 12.5. The second-order valence-corrected chi connectivity index (χ2v) is 8.08. The van der Waals surface area contributed by atoms with Crippen LogP contribution in [0.5, 0.6) is 0 Å². The average molecular weight is 372 g/mol. The molecular formula is C19H20N2O4S. The molecule has 0 bridgehead atoms. The van der Waals surface area contributed by atoms with Crippen molar-refractivity contribution < 1.29 is 18.0 Å². The summed E-state index contributed by atoms with van der Waals surface area (Å²) in [5.74, 6) is -1.18. The zero-order valence-corrected chi connectivity index (χ0v) is 15.4. The van der Waals surface area contributed by atoms with Crippen LogP contribution in [0.15, 0.2) is 53.4 Å². The minimum absolute atomic E-state index is 0.0524. The van der Waals surface area contributed by atoms with Gasteiger partial charge in [-0.05, 0) is 31.0 Å². The Hall–Kier alpha value is -2.67. The van der Waals surface area contributed by atoms with Crippen LogP contribution in [0.2, 0.25) is 0 Å². The average Bonchev–Trinajstić information content (AvgIpc) is 2.82. The van der Waals surface area contributed by atoms with Gasteiger partial charge in [0.05, 0.1) is 11.6 Å². The van der Waals surface area contributed by atoms with E-state index in [9.17, 15) is 18.0 Å². The Bertz CT molecular complexity index is 952. The Morgan fingerprint density at radius 1 is 1.12 bits per heavy atom. The van der Waals surface area contributed by atoms with Crippen molar-refractivity contribution >= 4 is 21.8 Å². The van der Waals surface area contributed by atoms with Gasteiger partial charge >= 0.3 is 0 Å². The molecule has 0 aliphatic carbocycles. The molecule has 0 spiro atoms. The fourth-order valence-corrected chi connectivity index (χ4v) is 4.50. The van der Waals surface area contributed by atoms with Crippen molar-refractivity contribution in [2.24, 2.45) is 0 Å². The van der Waals surface area contributed by atoms with Crippen LogP contribution < -0.4 is 5.32 Å². The standard InChI is InChI=1S/C19H20N2O4S/c1-3-16(14-10-8-13(2)9-11-14)20-18(22)12-21-19(23)15-6-4-5-7-17(15)26(21,24)25/h4-11,16H,3,12H2,1-2H3,(H,20,22). The van der Waals surface area contributed by atoms with Crippen molar-refractivity contribution in [2.45, 2.75) is 31.2 Å². The molecule has 1 heterocycles. The Kier molecular flexibility index (Phi) is 4.82. The number of nitrogens with zero attached hydrogens (tertiary/aromatic N) is 1. The van der Waals surface area contributed by atoms with Crippen LogP contribution in [0.25, 0.3) is 0 Å². The Balaban J connectivity index is 1.76. The van der Waals surface area contributed by atoms with Gasteiger partial charge in [-0.2, -0.15) is 0 Å². The molecule has 0 radical (unpaired) electrons. The van der Waals surface area contributed by atoms with Gasteiger partial charge in [0.15, 0.2) is 0 Å². The molecule has 3 rings (SSSR count). The molecule has 0 saturated carbocycles. The Labute approximate surface area is 152 Å². The minimum Gasteiger partial charge on any atom is -0.348 e. The molecule has 1 unspecified atom stereocenters. The van der Waals surface area contributed by atoms with E-state index in [0.29, 0.717) is 10.7 Å². The molecule has 6 nitrogen and oxygen atoms in total. The van der Waals surface area contributed by atoms with Crippen LogP contribution in [0.1, 0.15) is 40.9 Å². The molecule has 0 fully saturated rings. The molecule has 1 aliphatic rings. The normalized spacial score (nSPS) is 16.2. The van der Waals surface area contributed by atoms with Crippen molar-refractivity contribution in [1.29, 1.82) is 0 Å². The highest BCUT2D eigenvalue weighted by molar-refractivity contribution is 7.90. The minimum atomic E-state index is -3.98. The third kappa shape index (κ3) is 3.22. The number of sulfonamides is 1. The number of rotatable bonds is 5. The van der Waals surface area contributed by atoms with Crippen LogP contribution in [0.3, 0.4) is 0 Å². The van der Waals surface area contributed by atoms with Crippen LogP contribution in [-0.4, -0.2) is 31.1 Å². The van der Waals surface area contributed by atoms with E-state index in [1.54, 1.807) is 12.1 Å². The molecule has 2 aromatic carbocycles. The molecule has 136 valence electrons. The first-order chi connectivity index (χ1) is 12.3. The summed E-state index contributed by atoms with van der Waals surface area (Å²) >= 11 is 0. The lowest BCUT2D eigenvalue weighted by molar-refractivity contribution is -0.121. The maximum absolute atomic E-state index is 12.5. The summed E-state index contributed by atoms with van der Waals surface area (Å²) in [5, 5.41) is 2.82. The van der Waals surface area contributed by atoms with Crippen LogP contribution in [0, 0.1) is 6.92 Å². The first-order valence-electron chi connectivity index (χ1n) is 8.36. The summed E-state index contributed by atoms with van der Waals surface area (Å²) < 4.78 is 25.7. The highest BCUT2D eigenvalue weighted by Gasteiger charge is 2.41. The molecule has 26 heavy (non-hydrogen) atoms. The zero-order chi connectivity index (χ0) is 18.9. The van der Waals surface area contributed by atoms with Gasteiger partial charge in [0.2, 0.25) is 5.91 Å². The Morgan fingerprint density at radius 2 is 1.77 bits per heavy atom. The van der Waals surface area contributed by atoms with Gasteiger partial charge in [-0.15, -0.1) is 0 Å². The van der Waals surface area contributed by atoms with E-state index in [-0.39, 0.29) is 16.5 Å². The van der Waals surface area contributed by atoms with E-state index in [1.807, 2.05) is 38.1 Å². The lowest BCUT2D eigenvalue weighted by atomic mass is 10.0. The quantitative estimate of drug-likeness (QED) is 0.874. The molecular weight excluding hydrogens is 352 g/mol. The van der Waals surface area contributed by atoms with Gasteiger partial charge in [-0.1, -0.05) is 48.9 Å². The van der Waals surface area contributed by atoms with E-state index in [0.717, 1.165) is 11.1 Å². The second-order valence-electron chi connectivity index (χ2n) is 6.25. The smallest absolute Gasteiger partial charge is 0.269 e. The van der Waals surface area contributed by atoms with Gasteiger partial charge in [-0.3, -0.25) is 9.59 Å². The number of carbonyl (C=O) groups is 2. The van der Waals surface area contributed by atoms with Crippen LogP contribution in [-0.2, 0) is 14.8 Å². The molecule has 2 aromatic rings. The molecule has 1 atom stereocenters. The third-order valence-corrected chi connectivity index (χ3v) is 6.21. The highest BCUT2D eigenvalue weighted by atomic mass is 32.2. The van der Waals surface area contributed by atoms with E-state index in [2.05, 4.69) is 5.32 Å². The van der Waals surface area contributed by atoms with E-state index >= 15 is 0 Å². The van der Waals surface area contributed by atoms with Gasteiger partial charge in [0.1, 0.15) is 11.4 Å². The van der Waals surface area contributed by atoms with Crippen molar-refractivity contribution in [3.05, 3.63) is 65.2 Å². The van der Waals surface area contributed by atoms with Crippen molar-refractivity contribution in [2.75, 3.05) is 6.54 Å². The van der Waals surface area contributed by atoms with E-state index in [4.69, 9.17) is 0 Å². The molecule has 0 aromatic heterocycles. The number of hydrogen-bond acceptors (Lipinski definition) is 4. The van der Waals surface area contributed by atoms with Gasteiger partial charge in [0, 0.05) is 0 Å². The number of amides is 2. The van der Waals surface area contributed by atoms with E-state index in [1.165, 1.54) is 12.1 Å². The first-order valence-corrected chi connectivity index (χ1v) is 9.80. The zero-order valence-electron chi connectivity index (χ0n) is 14.6. The third-order valence-electron chi connectivity index (χ3n) is 4.42. The Morgan fingerprint density at radius 3 is 2.38 bits per heavy atom. The predicted molar refractivity (Wildman–Crippen MR) is 97.0 cm³/mol. The highest BCUT2D eigenvalue weighted by Crippen LogP contribution is 2.29. The molecule has 1 N–H and O–H groups in total. The van der Waals surface area contributed by atoms with Crippen LogP contribution in [0.4, 0.5) is 0 Å². The van der Waals surface area contributed by atoms with Crippen LogP contribution >= 0.6 is 0 Å². The van der Waals surface area contributed by atoms with Crippen molar-refractivity contribution in [3.8, 4) is 0 Å². The number of fused-ring (bicyclic) bond motifs is 1. The number of benzene rings is 2. The topological polar surface area (TPSA) is 83.6 Å². The number of aryl methyl sites for hydroxylation is 1. The fourth-order valence-electron chi connectivity index (χ4n) is 2.98. The summed E-state index contributed by atoms with van der Waals surface area (Å²) in [6.45, 7) is 3.38. The lowest BCUT2D eigenvalue weighted by Gasteiger charge is -2.20. The number of carbonyl (C=O) groups excluding carboxylic acids is 2. The summed E-state index contributed by atoms with van der Waals surface area (Å²) in [6.07, 6.45) is 0.649. The SMILES string of the molecule is CCC(NC(=O)CN1C(=O)c2ccccc2S1(=O)=O)c1ccc(C)cc1. The van der Waals surface area contributed by atoms with Gasteiger partial charge in [-0.25, -0.2) is 12.7 Å². The molecule has 0 saturated heterocycles. The van der Waals surface area contributed by atoms with Crippen molar-refractivity contribution in [3.63, 3.8) is 0 Å². The molecule has 2 amide bonds.